The van der Waals surface area contributed by atoms with Crippen LogP contribution < -0.4 is 0 Å². The predicted octanol–water partition coefficient (Wildman–Crippen LogP) is 2.10. The molecule has 0 aliphatic carbocycles. The fourth-order valence-electron chi connectivity index (χ4n) is 2.31. The minimum atomic E-state index is 0.597. The molecule has 2 rings (SSSR count). The SMILES string of the molecule is Cc1nn(C)c(C)c1COCc1c(C)nn(C)c1C. The lowest BCUT2D eigenvalue weighted by Crippen LogP contribution is -2.00. The molecule has 0 bridgehead atoms. The van der Waals surface area contributed by atoms with Crippen molar-refractivity contribution in [2.24, 2.45) is 14.1 Å². The average Bonchev–Trinajstić information content (AvgIpc) is 2.72. The van der Waals surface area contributed by atoms with Crippen LogP contribution in [0.25, 0.3) is 0 Å². The molecule has 0 atom stereocenters. The van der Waals surface area contributed by atoms with Crippen molar-refractivity contribution >= 4 is 0 Å². The van der Waals surface area contributed by atoms with Gasteiger partial charge in [0.1, 0.15) is 0 Å². The van der Waals surface area contributed by atoms with Crippen LogP contribution in [0.15, 0.2) is 0 Å². The topological polar surface area (TPSA) is 44.9 Å². The fourth-order valence-corrected chi connectivity index (χ4v) is 2.31. The van der Waals surface area contributed by atoms with Crippen LogP contribution in [0.5, 0.6) is 0 Å². The summed E-state index contributed by atoms with van der Waals surface area (Å²) in [5, 5.41) is 8.79. The summed E-state index contributed by atoms with van der Waals surface area (Å²) in [5.41, 5.74) is 6.77. The third kappa shape index (κ3) is 2.56. The molecule has 0 aliphatic heterocycles. The molecular formula is C14H22N4O. The molecule has 19 heavy (non-hydrogen) atoms. The Labute approximate surface area is 114 Å². The molecule has 0 unspecified atom stereocenters. The lowest BCUT2D eigenvalue weighted by molar-refractivity contribution is 0.105. The van der Waals surface area contributed by atoms with Crippen molar-refractivity contribution in [2.75, 3.05) is 0 Å². The van der Waals surface area contributed by atoms with E-state index in [4.69, 9.17) is 4.74 Å². The highest BCUT2D eigenvalue weighted by Gasteiger charge is 2.12. The number of hydrogen-bond acceptors (Lipinski definition) is 3. The number of ether oxygens (including phenoxy) is 1. The quantitative estimate of drug-likeness (QED) is 0.847. The molecule has 5 heteroatoms. The maximum absolute atomic E-state index is 5.85. The van der Waals surface area contributed by atoms with Gasteiger partial charge in [0.15, 0.2) is 0 Å². The number of hydrogen-bond donors (Lipinski definition) is 0. The van der Waals surface area contributed by atoms with Crippen LogP contribution in [0.4, 0.5) is 0 Å². The second-order valence-electron chi connectivity index (χ2n) is 5.04. The number of aryl methyl sites for hydroxylation is 4. The Hall–Kier alpha value is -1.62. The van der Waals surface area contributed by atoms with E-state index in [1.165, 1.54) is 11.1 Å². The Morgan fingerprint density at radius 3 is 1.42 bits per heavy atom. The molecule has 104 valence electrons. The van der Waals surface area contributed by atoms with Gasteiger partial charge in [0.25, 0.3) is 0 Å². The maximum atomic E-state index is 5.85. The normalized spacial score (nSPS) is 11.3. The zero-order chi connectivity index (χ0) is 14.2. The standard InChI is InChI=1S/C14H22N4O/c1-9-13(11(3)17(5)15-9)7-19-8-14-10(2)16-18(6)12(14)4/h7-8H2,1-6H3. The zero-order valence-electron chi connectivity index (χ0n) is 12.6. The van der Waals surface area contributed by atoms with Gasteiger partial charge in [-0.25, -0.2) is 0 Å². The summed E-state index contributed by atoms with van der Waals surface area (Å²) in [4.78, 5) is 0. The Balaban J connectivity index is 2.04. The van der Waals surface area contributed by atoms with Crippen molar-refractivity contribution in [1.82, 2.24) is 19.6 Å². The molecule has 5 nitrogen and oxygen atoms in total. The molecular weight excluding hydrogens is 240 g/mol. The molecule has 0 fully saturated rings. The van der Waals surface area contributed by atoms with E-state index in [1.54, 1.807) is 0 Å². The van der Waals surface area contributed by atoms with E-state index in [2.05, 4.69) is 24.0 Å². The summed E-state index contributed by atoms with van der Waals surface area (Å²) in [6, 6.07) is 0. The third-order valence-corrected chi connectivity index (χ3v) is 3.81. The van der Waals surface area contributed by atoms with E-state index < -0.39 is 0 Å². The molecule has 2 aromatic rings. The Morgan fingerprint density at radius 2 is 1.16 bits per heavy atom. The first-order chi connectivity index (χ1) is 8.91. The van der Waals surface area contributed by atoms with Gasteiger partial charge in [-0.1, -0.05) is 0 Å². The van der Waals surface area contributed by atoms with Crippen LogP contribution in [0.1, 0.15) is 33.9 Å². The van der Waals surface area contributed by atoms with E-state index in [9.17, 15) is 0 Å². The van der Waals surface area contributed by atoms with Crippen molar-refractivity contribution in [3.8, 4) is 0 Å². The van der Waals surface area contributed by atoms with Gasteiger partial charge in [-0.2, -0.15) is 10.2 Å². The van der Waals surface area contributed by atoms with Gasteiger partial charge in [-0.3, -0.25) is 9.36 Å². The van der Waals surface area contributed by atoms with Crippen LogP contribution in [0.3, 0.4) is 0 Å². The van der Waals surface area contributed by atoms with Crippen molar-refractivity contribution < 1.29 is 4.74 Å². The van der Waals surface area contributed by atoms with Crippen molar-refractivity contribution in [1.29, 1.82) is 0 Å². The molecule has 0 aliphatic rings. The molecule has 0 spiro atoms. The monoisotopic (exact) mass is 262 g/mol. The molecule has 2 aromatic heterocycles. The number of rotatable bonds is 4. The molecule has 0 saturated heterocycles. The summed E-state index contributed by atoms with van der Waals surface area (Å²) in [7, 11) is 3.92. The lowest BCUT2D eigenvalue weighted by Gasteiger charge is -2.06. The summed E-state index contributed by atoms with van der Waals surface area (Å²) in [6.07, 6.45) is 0. The Morgan fingerprint density at radius 1 is 0.789 bits per heavy atom. The molecule has 0 radical (unpaired) electrons. The molecule has 0 N–H and O–H groups in total. The van der Waals surface area contributed by atoms with E-state index in [-0.39, 0.29) is 0 Å². The van der Waals surface area contributed by atoms with Gasteiger partial charge in [0.2, 0.25) is 0 Å². The lowest BCUT2D eigenvalue weighted by atomic mass is 10.2. The molecule has 0 amide bonds. The highest BCUT2D eigenvalue weighted by molar-refractivity contribution is 5.25. The van der Waals surface area contributed by atoms with Gasteiger partial charge in [0.05, 0.1) is 24.6 Å². The zero-order valence-corrected chi connectivity index (χ0v) is 12.6. The minimum Gasteiger partial charge on any atom is -0.372 e. The van der Waals surface area contributed by atoms with Gasteiger partial charge < -0.3 is 4.74 Å². The van der Waals surface area contributed by atoms with Gasteiger partial charge in [0, 0.05) is 36.6 Å². The summed E-state index contributed by atoms with van der Waals surface area (Å²) in [6.45, 7) is 9.37. The van der Waals surface area contributed by atoms with Crippen molar-refractivity contribution in [3.63, 3.8) is 0 Å². The number of nitrogens with zero attached hydrogens (tertiary/aromatic N) is 4. The molecule has 2 heterocycles. The first-order valence-corrected chi connectivity index (χ1v) is 6.47. The summed E-state index contributed by atoms with van der Waals surface area (Å²) < 4.78 is 9.64. The highest BCUT2D eigenvalue weighted by atomic mass is 16.5. The van der Waals surface area contributed by atoms with Crippen molar-refractivity contribution in [2.45, 2.75) is 40.9 Å². The number of aromatic nitrogens is 4. The fraction of sp³-hybridized carbons (Fsp3) is 0.571. The van der Waals surface area contributed by atoms with E-state index in [0.29, 0.717) is 13.2 Å². The minimum absolute atomic E-state index is 0.597. The summed E-state index contributed by atoms with van der Waals surface area (Å²) in [5.74, 6) is 0. The first kappa shape index (κ1) is 13.8. The van der Waals surface area contributed by atoms with Gasteiger partial charge in [-0.15, -0.1) is 0 Å². The van der Waals surface area contributed by atoms with E-state index in [0.717, 1.165) is 22.8 Å². The third-order valence-electron chi connectivity index (χ3n) is 3.81. The van der Waals surface area contributed by atoms with Crippen LogP contribution in [0, 0.1) is 27.7 Å². The van der Waals surface area contributed by atoms with Crippen LogP contribution >= 0.6 is 0 Å². The van der Waals surface area contributed by atoms with E-state index in [1.807, 2.05) is 37.3 Å². The van der Waals surface area contributed by atoms with E-state index >= 15 is 0 Å². The first-order valence-electron chi connectivity index (χ1n) is 6.47. The van der Waals surface area contributed by atoms with Gasteiger partial charge in [-0.05, 0) is 27.7 Å². The molecule has 0 aromatic carbocycles. The van der Waals surface area contributed by atoms with Crippen LogP contribution in [-0.2, 0) is 32.0 Å². The Kier molecular flexibility index (Phi) is 3.75. The Bertz CT molecular complexity index is 543. The van der Waals surface area contributed by atoms with Crippen LogP contribution in [-0.4, -0.2) is 19.6 Å². The summed E-state index contributed by atoms with van der Waals surface area (Å²) >= 11 is 0. The van der Waals surface area contributed by atoms with Crippen LogP contribution in [0.2, 0.25) is 0 Å². The van der Waals surface area contributed by atoms with Crippen molar-refractivity contribution in [3.05, 3.63) is 33.9 Å². The average molecular weight is 262 g/mol. The largest absolute Gasteiger partial charge is 0.372 e. The second kappa shape index (κ2) is 5.17. The smallest absolute Gasteiger partial charge is 0.0757 e. The predicted molar refractivity (Wildman–Crippen MR) is 73.9 cm³/mol. The highest BCUT2D eigenvalue weighted by Crippen LogP contribution is 2.17. The molecule has 0 saturated carbocycles. The van der Waals surface area contributed by atoms with Gasteiger partial charge >= 0.3 is 0 Å². The maximum Gasteiger partial charge on any atom is 0.0757 e. The second-order valence-corrected chi connectivity index (χ2v) is 5.04.